The van der Waals surface area contributed by atoms with Crippen LogP contribution < -0.4 is 4.74 Å². The van der Waals surface area contributed by atoms with Crippen molar-refractivity contribution in [2.24, 2.45) is 0 Å². The van der Waals surface area contributed by atoms with E-state index in [1.54, 1.807) is 20.5 Å². The number of hydrogen-bond acceptors (Lipinski definition) is 5. The summed E-state index contributed by atoms with van der Waals surface area (Å²) in [6, 6.07) is 8.64. The van der Waals surface area contributed by atoms with Crippen LogP contribution in [0.25, 0.3) is 0 Å². The molecule has 0 atom stereocenters. The van der Waals surface area contributed by atoms with Gasteiger partial charge < -0.3 is 18.8 Å². The molecule has 36 heavy (non-hydrogen) atoms. The fourth-order valence-electron chi connectivity index (χ4n) is 6.29. The minimum Gasteiger partial charge on any atom is -0.497 e. The molecule has 5 rings (SSSR count). The lowest BCUT2D eigenvalue weighted by Crippen LogP contribution is -2.54. The van der Waals surface area contributed by atoms with Crippen molar-refractivity contribution in [3.05, 3.63) is 64.8 Å². The third kappa shape index (κ3) is 4.22. The van der Waals surface area contributed by atoms with Crippen LogP contribution in [0.1, 0.15) is 56.1 Å². The average Bonchev–Trinajstić information content (AvgIpc) is 3.39. The van der Waals surface area contributed by atoms with Gasteiger partial charge in [-0.1, -0.05) is 13.0 Å². The van der Waals surface area contributed by atoms with Crippen LogP contribution in [0.4, 0.5) is 4.79 Å². The molecule has 0 N–H and O–H groups in total. The lowest BCUT2D eigenvalue weighted by Gasteiger charge is -2.45. The van der Waals surface area contributed by atoms with Gasteiger partial charge in [0.15, 0.2) is 0 Å². The molecule has 4 heterocycles. The van der Waals surface area contributed by atoms with Gasteiger partial charge in [0.2, 0.25) is 0 Å². The molecule has 2 fully saturated rings. The molecule has 2 saturated heterocycles. The number of nitrogens with zero attached hydrogens (tertiary/aromatic N) is 3. The molecule has 0 bridgehead atoms. The lowest BCUT2D eigenvalue weighted by atomic mass is 9.79. The minimum atomic E-state index is -0.324. The highest BCUT2D eigenvalue weighted by Gasteiger charge is 2.56. The van der Waals surface area contributed by atoms with Crippen molar-refractivity contribution < 1.29 is 18.7 Å². The number of piperidine rings is 1. The summed E-state index contributed by atoms with van der Waals surface area (Å²) in [6.45, 7) is 11.0. The number of furan rings is 1. The van der Waals surface area contributed by atoms with E-state index in [-0.39, 0.29) is 17.0 Å². The van der Waals surface area contributed by atoms with Gasteiger partial charge in [-0.2, -0.15) is 0 Å². The average molecular weight is 494 g/mol. The normalized spacial score (nSPS) is 20.8. The number of carbonyl (C=O) groups is 1. The van der Waals surface area contributed by atoms with Crippen molar-refractivity contribution in [1.29, 1.82) is 0 Å². The van der Waals surface area contributed by atoms with Crippen LogP contribution in [0.3, 0.4) is 0 Å². The van der Waals surface area contributed by atoms with E-state index in [9.17, 15) is 4.79 Å². The van der Waals surface area contributed by atoms with Crippen molar-refractivity contribution in [3.63, 3.8) is 0 Å². The Bertz CT molecular complexity index is 1120. The standard InChI is InChI=1S/C29H39N3O4/c1-6-21-15-22(17-24(16-21)35-5)19-30-10-8-29(9-11-30)25-18-28(2,3)26-23(7-13-36-26)20-31(25)27(33)32(29)12-14-34-4/h7,13,15-18H,6,8-12,14,19-20H2,1-5H3. The number of rotatable bonds is 7. The van der Waals surface area contributed by atoms with Crippen molar-refractivity contribution in [1.82, 2.24) is 14.7 Å². The summed E-state index contributed by atoms with van der Waals surface area (Å²) in [4.78, 5) is 20.4. The van der Waals surface area contributed by atoms with E-state index in [0.717, 1.165) is 61.7 Å². The smallest absolute Gasteiger partial charge is 0.325 e. The number of ether oxygens (including phenoxy) is 2. The fourth-order valence-corrected chi connectivity index (χ4v) is 6.29. The predicted molar refractivity (Wildman–Crippen MR) is 139 cm³/mol. The zero-order chi connectivity index (χ0) is 25.5. The molecule has 2 aromatic rings. The highest BCUT2D eigenvalue weighted by Crippen LogP contribution is 2.48. The Balaban J connectivity index is 1.43. The van der Waals surface area contributed by atoms with Crippen molar-refractivity contribution in [2.45, 2.75) is 64.1 Å². The minimum absolute atomic E-state index is 0.0805. The molecule has 3 aliphatic heterocycles. The third-order valence-corrected chi connectivity index (χ3v) is 8.18. The lowest BCUT2D eigenvalue weighted by molar-refractivity contribution is 0.0667. The van der Waals surface area contributed by atoms with Gasteiger partial charge in [-0.25, -0.2) is 4.79 Å². The number of benzene rings is 1. The summed E-state index contributed by atoms with van der Waals surface area (Å²) >= 11 is 0. The number of carbonyl (C=O) groups excluding carboxylic acids is 1. The number of likely N-dealkylation sites (tertiary alicyclic amines) is 1. The Morgan fingerprint density at radius 3 is 2.53 bits per heavy atom. The second-order valence-electron chi connectivity index (χ2n) is 10.9. The van der Waals surface area contributed by atoms with Crippen molar-refractivity contribution in [3.8, 4) is 5.75 Å². The molecule has 0 radical (unpaired) electrons. The Morgan fingerprint density at radius 1 is 1.08 bits per heavy atom. The molecular formula is C29H39N3O4. The number of amides is 2. The van der Waals surface area contributed by atoms with Gasteiger partial charge in [0.1, 0.15) is 11.5 Å². The number of urea groups is 1. The van der Waals surface area contributed by atoms with Gasteiger partial charge in [0.05, 0.1) is 32.1 Å². The first-order valence-electron chi connectivity index (χ1n) is 13.1. The maximum absolute atomic E-state index is 13.8. The molecule has 1 aromatic carbocycles. The molecule has 194 valence electrons. The fraction of sp³-hybridized carbons (Fsp3) is 0.552. The molecule has 0 saturated carbocycles. The summed E-state index contributed by atoms with van der Waals surface area (Å²) in [5.74, 6) is 1.88. The van der Waals surface area contributed by atoms with E-state index < -0.39 is 0 Å². The van der Waals surface area contributed by atoms with Crippen LogP contribution in [-0.2, 0) is 29.7 Å². The number of aryl methyl sites for hydroxylation is 1. The van der Waals surface area contributed by atoms with E-state index in [2.05, 4.69) is 54.8 Å². The molecule has 3 aliphatic rings. The summed E-state index contributed by atoms with van der Waals surface area (Å²) in [7, 11) is 3.43. The Kier molecular flexibility index (Phi) is 6.64. The third-order valence-electron chi connectivity index (χ3n) is 8.18. The highest BCUT2D eigenvalue weighted by molar-refractivity contribution is 5.83. The summed E-state index contributed by atoms with van der Waals surface area (Å²) in [5.41, 5.74) is 4.18. The number of fused-ring (bicyclic) bond motifs is 3. The Morgan fingerprint density at radius 2 is 1.83 bits per heavy atom. The second-order valence-corrected chi connectivity index (χ2v) is 10.9. The van der Waals surface area contributed by atoms with Gasteiger partial charge in [-0.05, 0) is 68.5 Å². The van der Waals surface area contributed by atoms with Crippen LogP contribution in [-0.4, -0.2) is 66.7 Å². The van der Waals surface area contributed by atoms with Gasteiger partial charge in [0.25, 0.3) is 0 Å². The van der Waals surface area contributed by atoms with Crippen molar-refractivity contribution in [2.75, 3.05) is 40.5 Å². The molecule has 7 nitrogen and oxygen atoms in total. The summed E-state index contributed by atoms with van der Waals surface area (Å²) in [6.07, 6.45) is 6.81. The van der Waals surface area contributed by atoms with Crippen LogP contribution in [0, 0.1) is 0 Å². The quantitative estimate of drug-likeness (QED) is 0.547. The van der Waals surface area contributed by atoms with Crippen molar-refractivity contribution >= 4 is 6.03 Å². The van der Waals surface area contributed by atoms with Gasteiger partial charge >= 0.3 is 6.03 Å². The van der Waals surface area contributed by atoms with E-state index in [0.29, 0.717) is 19.7 Å². The van der Waals surface area contributed by atoms with E-state index in [1.165, 1.54) is 11.1 Å². The van der Waals surface area contributed by atoms with Crippen LogP contribution in [0.2, 0.25) is 0 Å². The SMILES string of the molecule is CCc1cc(CN2CCC3(CC2)C2=CC(C)(C)c4occc4CN2C(=O)N3CCOC)cc(OC)c1. The zero-order valence-electron chi connectivity index (χ0n) is 22.3. The monoisotopic (exact) mass is 493 g/mol. The topological polar surface area (TPSA) is 58.4 Å². The first-order chi connectivity index (χ1) is 17.3. The van der Waals surface area contributed by atoms with Gasteiger partial charge in [-0.3, -0.25) is 9.80 Å². The molecule has 7 heteroatoms. The summed E-state index contributed by atoms with van der Waals surface area (Å²) in [5, 5.41) is 0. The van der Waals surface area contributed by atoms with Gasteiger partial charge in [0, 0.05) is 50.0 Å². The number of methoxy groups -OCH3 is 2. The van der Waals surface area contributed by atoms with E-state index in [1.807, 2.05) is 11.0 Å². The molecule has 0 aliphatic carbocycles. The molecule has 1 aromatic heterocycles. The first kappa shape index (κ1) is 24.9. The number of hydrogen-bond donors (Lipinski definition) is 0. The summed E-state index contributed by atoms with van der Waals surface area (Å²) < 4.78 is 16.9. The van der Waals surface area contributed by atoms with E-state index >= 15 is 0 Å². The maximum atomic E-state index is 13.8. The predicted octanol–water partition coefficient (Wildman–Crippen LogP) is 4.94. The molecule has 1 spiro atoms. The molecule has 2 amide bonds. The van der Waals surface area contributed by atoms with Crippen LogP contribution in [0.5, 0.6) is 5.75 Å². The molecule has 0 unspecified atom stereocenters. The largest absolute Gasteiger partial charge is 0.497 e. The first-order valence-corrected chi connectivity index (χ1v) is 13.1. The van der Waals surface area contributed by atoms with Crippen LogP contribution >= 0.6 is 0 Å². The molecular weight excluding hydrogens is 454 g/mol. The second kappa shape index (κ2) is 9.60. The van der Waals surface area contributed by atoms with E-state index in [4.69, 9.17) is 13.9 Å². The maximum Gasteiger partial charge on any atom is 0.325 e. The highest BCUT2D eigenvalue weighted by atomic mass is 16.5. The van der Waals surface area contributed by atoms with Crippen LogP contribution in [0.15, 0.2) is 46.7 Å². The van der Waals surface area contributed by atoms with Gasteiger partial charge in [-0.15, -0.1) is 0 Å². The zero-order valence-corrected chi connectivity index (χ0v) is 22.3. The Hall–Kier alpha value is -2.77. The Labute approximate surface area is 214 Å². The number of allylic oxidation sites excluding steroid dienone is 1.